The van der Waals surface area contributed by atoms with Crippen LogP contribution in [0.5, 0.6) is 0 Å². The highest BCUT2D eigenvalue weighted by Crippen LogP contribution is 2.18. The molecule has 2 aromatic rings. The Labute approximate surface area is 74.4 Å². The van der Waals surface area contributed by atoms with Crippen LogP contribution in [0.4, 0.5) is 11.6 Å². The molecular weight excluding hydrogens is 168 g/mol. The maximum absolute atomic E-state index is 5.52. The zero-order chi connectivity index (χ0) is 9.26. The van der Waals surface area contributed by atoms with Gasteiger partial charge in [0.15, 0.2) is 0 Å². The molecule has 4 N–H and O–H groups in total. The molecule has 0 saturated carbocycles. The molecule has 13 heavy (non-hydrogen) atoms. The lowest BCUT2D eigenvalue weighted by Crippen LogP contribution is -1.86. The van der Waals surface area contributed by atoms with Crippen molar-refractivity contribution < 1.29 is 4.52 Å². The summed E-state index contributed by atoms with van der Waals surface area (Å²) in [6.45, 7) is 0. The van der Waals surface area contributed by atoms with E-state index in [2.05, 4.69) is 10.1 Å². The number of aromatic nitrogens is 2. The van der Waals surface area contributed by atoms with Crippen LogP contribution in [0, 0.1) is 0 Å². The van der Waals surface area contributed by atoms with Crippen LogP contribution in [0.25, 0.3) is 11.5 Å². The molecule has 0 amide bonds. The lowest BCUT2D eigenvalue weighted by atomic mass is 10.2. The highest BCUT2D eigenvalue weighted by Gasteiger charge is 2.04. The van der Waals surface area contributed by atoms with Crippen molar-refractivity contribution >= 4 is 11.6 Å². The predicted molar refractivity (Wildman–Crippen MR) is 48.6 cm³/mol. The minimum absolute atomic E-state index is 0.131. The second-order valence-electron chi connectivity index (χ2n) is 2.58. The SMILES string of the molecule is Nc1ccc(-c2nc(N)no2)cc1. The van der Waals surface area contributed by atoms with Gasteiger partial charge in [-0.05, 0) is 29.4 Å². The van der Waals surface area contributed by atoms with E-state index in [-0.39, 0.29) is 5.95 Å². The molecule has 1 heterocycles. The van der Waals surface area contributed by atoms with Crippen molar-refractivity contribution in [2.24, 2.45) is 0 Å². The fourth-order valence-electron chi connectivity index (χ4n) is 0.978. The van der Waals surface area contributed by atoms with Gasteiger partial charge in [-0.3, -0.25) is 0 Å². The van der Waals surface area contributed by atoms with E-state index in [9.17, 15) is 0 Å². The number of nitrogens with zero attached hydrogens (tertiary/aromatic N) is 2. The maximum Gasteiger partial charge on any atom is 0.261 e. The highest BCUT2D eigenvalue weighted by molar-refractivity contribution is 5.57. The summed E-state index contributed by atoms with van der Waals surface area (Å²) in [6.07, 6.45) is 0. The molecule has 0 spiro atoms. The van der Waals surface area contributed by atoms with Crippen LogP contribution < -0.4 is 11.5 Å². The second-order valence-corrected chi connectivity index (χ2v) is 2.58. The third-order valence-corrected chi connectivity index (χ3v) is 1.60. The van der Waals surface area contributed by atoms with Gasteiger partial charge in [-0.2, -0.15) is 4.98 Å². The van der Waals surface area contributed by atoms with Gasteiger partial charge in [0.2, 0.25) is 0 Å². The van der Waals surface area contributed by atoms with Crippen LogP contribution in [0.2, 0.25) is 0 Å². The molecular formula is C8H8N4O. The first-order chi connectivity index (χ1) is 6.25. The van der Waals surface area contributed by atoms with Crippen LogP contribution >= 0.6 is 0 Å². The molecule has 0 aliphatic heterocycles. The molecule has 1 aromatic heterocycles. The summed E-state index contributed by atoms with van der Waals surface area (Å²) in [5, 5.41) is 3.48. The normalized spacial score (nSPS) is 10.2. The van der Waals surface area contributed by atoms with Crippen molar-refractivity contribution in [1.82, 2.24) is 10.1 Å². The zero-order valence-electron chi connectivity index (χ0n) is 6.77. The van der Waals surface area contributed by atoms with Crippen molar-refractivity contribution in [3.63, 3.8) is 0 Å². The Balaban J connectivity index is 2.41. The lowest BCUT2D eigenvalue weighted by molar-refractivity contribution is 0.433. The molecule has 1 aromatic carbocycles. The minimum atomic E-state index is 0.131. The second kappa shape index (κ2) is 2.78. The van der Waals surface area contributed by atoms with E-state index in [1.165, 1.54) is 0 Å². The van der Waals surface area contributed by atoms with Crippen LogP contribution in [-0.2, 0) is 0 Å². The first-order valence-electron chi connectivity index (χ1n) is 3.71. The number of hydrogen-bond donors (Lipinski definition) is 2. The Morgan fingerprint density at radius 2 is 1.77 bits per heavy atom. The van der Waals surface area contributed by atoms with Gasteiger partial charge >= 0.3 is 0 Å². The summed E-state index contributed by atoms with van der Waals surface area (Å²) in [7, 11) is 0. The van der Waals surface area contributed by atoms with Gasteiger partial charge in [0.1, 0.15) is 0 Å². The van der Waals surface area contributed by atoms with Gasteiger partial charge in [0.05, 0.1) is 0 Å². The zero-order valence-corrected chi connectivity index (χ0v) is 6.77. The van der Waals surface area contributed by atoms with Crippen molar-refractivity contribution in [2.75, 3.05) is 11.5 Å². The quantitative estimate of drug-likeness (QED) is 0.630. The maximum atomic E-state index is 5.52. The van der Waals surface area contributed by atoms with Gasteiger partial charge in [0.25, 0.3) is 11.8 Å². The Hall–Kier alpha value is -2.04. The van der Waals surface area contributed by atoms with Crippen molar-refractivity contribution in [1.29, 1.82) is 0 Å². The summed E-state index contributed by atoms with van der Waals surface area (Å²) in [5.41, 5.74) is 12.3. The highest BCUT2D eigenvalue weighted by atomic mass is 16.5. The number of anilines is 2. The molecule has 0 bridgehead atoms. The summed E-state index contributed by atoms with van der Waals surface area (Å²) in [4.78, 5) is 3.87. The molecule has 5 heteroatoms. The molecule has 0 radical (unpaired) electrons. The van der Waals surface area contributed by atoms with E-state index in [0.29, 0.717) is 11.6 Å². The molecule has 66 valence electrons. The number of nitrogen functional groups attached to an aromatic ring is 2. The van der Waals surface area contributed by atoms with Gasteiger partial charge in [-0.25, -0.2) is 0 Å². The number of nitrogens with two attached hydrogens (primary N) is 2. The van der Waals surface area contributed by atoms with Crippen LogP contribution in [-0.4, -0.2) is 10.1 Å². The monoisotopic (exact) mass is 176 g/mol. The molecule has 0 fully saturated rings. The van der Waals surface area contributed by atoms with Gasteiger partial charge in [-0.15, -0.1) is 0 Å². The number of benzene rings is 1. The van der Waals surface area contributed by atoms with E-state index < -0.39 is 0 Å². The summed E-state index contributed by atoms with van der Waals surface area (Å²) >= 11 is 0. The van der Waals surface area contributed by atoms with Crippen molar-refractivity contribution in [3.8, 4) is 11.5 Å². The van der Waals surface area contributed by atoms with E-state index in [4.69, 9.17) is 16.0 Å². The topological polar surface area (TPSA) is 91.0 Å². The van der Waals surface area contributed by atoms with Crippen molar-refractivity contribution in [3.05, 3.63) is 24.3 Å². The largest absolute Gasteiger partial charge is 0.399 e. The Morgan fingerprint density at radius 3 is 2.31 bits per heavy atom. The van der Waals surface area contributed by atoms with Gasteiger partial charge in [0, 0.05) is 11.3 Å². The van der Waals surface area contributed by atoms with E-state index in [1.54, 1.807) is 24.3 Å². The van der Waals surface area contributed by atoms with Crippen LogP contribution in [0.1, 0.15) is 0 Å². The predicted octanol–water partition coefficient (Wildman–Crippen LogP) is 0.901. The standard InChI is InChI=1S/C8H8N4O/c9-6-3-1-5(2-4-6)7-11-8(10)12-13-7/h1-4H,9H2,(H2,10,12). The Bertz CT molecular complexity index is 406. The molecule has 0 aliphatic carbocycles. The Kier molecular flexibility index (Phi) is 1.63. The van der Waals surface area contributed by atoms with Crippen molar-refractivity contribution in [2.45, 2.75) is 0 Å². The third kappa shape index (κ3) is 1.44. The van der Waals surface area contributed by atoms with Gasteiger partial charge < -0.3 is 16.0 Å². The molecule has 0 atom stereocenters. The van der Waals surface area contributed by atoms with E-state index in [0.717, 1.165) is 5.56 Å². The van der Waals surface area contributed by atoms with E-state index >= 15 is 0 Å². The van der Waals surface area contributed by atoms with E-state index in [1.807, 2.05) is 0 Å². The first kappa shape index (κ1) is 7.60. The average Bonchev–Trinajstić information content (AvgIpc) is 2.53. The van der Waals surface area contributed by atoms with Gasteiger partial charge in [-0.1, -0.05) is 0 Å². The average molecular weight is 176 g/mol. The summed E-state index contributed by atoms with van der Waals surface area (Å²) in [6, 6.07) is 7.11. The third-order valence-electron chi connectivity index (χ3n) is 1.60. The molecule has 0 saturated heterocycles. The fraction of sp³-hybridized carbons (Fsp3) is 0. The lowest BCUT2D eigenvalue weighted by Gasteiger charge is -1.93. The van der Waals surface area contributed by atoms with Crippen LogP contribution in [0.3, 0.4) is 0 Å². The summed E-state index contributed by atoms with van der Waals surface area (Å²) < 4.78 is 4.86. The number of hydrogen-bond acceptors (Lipinski definition) is 5. The molecule has 0 unspecified atom stereocenters. The molecule has 0 aliphatic rings. The summed E-state index contributed by atoms with van der Waals surface area (Å²) in [5.74, 6) is 0.532. The smallest absolute Gasteiger partial charge is 0.261 e. The van der Waals surface area contributed by atoms with Crippen LogP contribution in [0.15, 0.2) is 28.8 Å². The minimum Gasteiger partial charge on any atom is -0.399 e. The molecule has 5 nitrogen and oxygen atoms in total. The first-order valence-corrected chi connectivity index (χ1v) is 3.71. The Morgan fingerprint density at radius 1 is 1.08 bits per heavy atom. The number of rotatable bonds is 1. The molecule has 2 rings (SSSR count). The fourth-order valence-corrected chi connectivity index (χ4v) is 0.978.